The number of carbonyl (C=O) groups is 3. The van der Waals surface area contributed by atoms with Gasteiger partial charge in [-0.3, -0.25) is 14.4 Å². The highest BCUT2D eigenvalue weighted by molar-refractivity contribution is 5.71. The quantitative estimate of drug-likeness (QED) is 0.0262. The van der Waals surface area contributed by atoms with Crippen molar-refractivity contribution in [2.75, 3.05) is 13.2 Å². The van der Waals surface area contributed by atoms with Crippen LogP contribution in [-0.2, 0) is 28.6 Å². The van der Waals surface area contributed by atoms with Crippen LogP contribution in [0.25, 0.3) is 0 Å². The highest BCUT2D eigenvalue weighted by Gasteiger charge is 2.19. The lowest BCUT2D eigenvalue weighted by Crippen LogP contribution is -2.30. The van der Waals surface area contributed by atoms with Gasteiger partial charge in [-0.15, -0.1) is 0 Å². The lowest BCUT2D eigenvalue weighted by atomic mass is 10.0. The molecule has 382 valence electrons. The summed E-state index contributed by atoms with van der Waals surface area (Å²) in [4.78, 5) is 38.0. The number of hydrogen-bond donors (Lipinski definition) is 0. The molecule has 0 saturated carbocycles. The minimum absolute atomic E-state index is 0.134. The van der Waals surface area contributed by atoms with Crippen molar-refractivity contribution in [2.24, 2.45) is 0 Å². The highest BCUT2D eigenvalue weighted by Crippen LogP contribution is 2.13. The van der Waals surface area contributed by atoms with Crippen molar-refractivity contribution in [1.29, 1.82) is 0 Å². The van der Waals surface area contributed by atoms with E-state index < -0.39 is 12.1 Å². The number of carbonyl (C=O) groups excluding carboxylic acids is 3. The Bertz CT molecular complexity index is 1500. The van der Waals surface area contributed by atoms with Crippen LogP contribution in [0.2, 0.25) is 0 Å². The van der Waals surface area contributed by atoms with E-state index in [0.717, 1.165) is 83.5 Å². The molecule has 0 aromatic heterocycles. The van der Waals surface area contributed by atoms with Crippen LogP contribution in [0.3, 0.4) is 0 Å². The Morgan fingerprint density at radius 3 is 0.985 bits per heavy atom. The van der Waals surface area contributed by atoms with Crippen LogP contribution < -0.4 is 0 Å². The van der Waals surface area contributed by atoms with Crippen LogP contribution in [0.5, 0.6) is 0 Å². The fourth-order valence-corrected chi connectivity index (χ4v) is 6.86. The molecule has 0 aromatic rings. The first kappa shape index (κ1) is 63.5. The topological polar surface area (TPSA) is 78.9 Å². The minimum atomic E-state index is -0.851. The van der Waals surface area contributed by atoms with Crippen molar-refractivity contribution in [2.45, 2.75) is 226 Å². The summed E-state index contributed by atoms with van der Waals surface area (Å²) < 4.78 is 16.7. The smallest absolute Gasteiger partial charge is 0.306 e. The van der Waals surface area contributed by atoms with E-state index in [1.54, 1.807) is 0 Å². The van der Waals surface area contributed by atoms with Crippen LogP contribution >= 0.6 is 0 Å². The fraction of sp³-hybridized carbons (Fsp3) is 0.597. The Labute approximate surface area is 417 Å². The van der Waals surface area contributed by atoms with Gasteiger partial charge in [-0.2, -0.15) is 0 Å². The van der Waals surface area contributed by atoms with Gasteiger partial charge >= 0.3 is 17.9 Å². The zero-order valence-electron chi connectivity index (χ0n) is 43.6. The summed E-state index contributed by atoms with van der Waals surface area (Å²) in [5, 5.41) is 0. The molecular formula is C62H98O6. The SMILES string of the molecule is CC/C=C\C/C=C\C/C=C\C/C=C\C/C=C\C/C=C\CCC(=O)OC[C@H](COC(=O)CCCCCCCCCCCCCC)OC(=O)CC/C=C\C/C=C\C/C=C\C/C=C\C/C=C\CCCCC. The highest BCUT2D eigenvalue weighted by atomic mass is 16.6. The van der Waals surface area contributed by atoms with Gasteiger partial charge in [0, 0.05) is 19.3 Å². The molecule has 0 heterocycles. The van der Waals surface area contributed by atoms with Crippen molar-refractivity contribution in [3.8, 4) is 0 Å². The molecule has 0 rings (SSSR count). The largest absolute Gasteiger partial charge is 0.462 e. The summed E-state index contributed by atoms with van der Waals surface area (Å²) in [5.74, 6) is -1.11. The number of esters is 3. The van der Waals surface area contributed by atoms with Crippen molar-refractivity contribution < 1.29 is 28.6 Å². The summed E-state index contributed by atoms with van der Waals surface area (Å²) in [6.45, 7) is 6.35. The first-order valence-electron chi connectivity index (χ1n) is 27.2. The maximum Gasteiger partial charge on any atom is 0.306 e. The van der Waals surface area contributed by atoms with E-state index in [1.807, 2.05) is 24.3 Å². The third-order valence-corrected chi connectivity index (χ3v) is 10.9. The average Bonchev–Trinajstić information content (AvgIpc) is 3.34. The Kier molecular flexibility index (Phi) is 51.5. The Morgan fingerprint density at radius 1 is 0.309 bits per heavy atom. The molecule has 6 heteroatoms. The Morgan fingerprint density at radius 2 is 0.603 bits per heavy atom. The van der Waals surface area contributed by atoms with Gasteiger partial charge in [0.2, 0.25) is 0 Å². The Balaban J connectivity index is 4.62. The molecule has 0 aliphatic carbocycles. The molecule has 0 fully saturated rings. The van der Waals surface area contributed by atoms with E-state index in [4.69, 9.17) is 14.2 Å². The molecule has 0 N–H and O–H groups in total. The molecule has 0 aliphatic rings. The normalized spacial score (nSPS) is 13.2. The second-order valence-corrected chi connectivity index (χ2v) is 17.4. The van der Waals surface area contributed by atoms with E-state index in [9.17, 15) is 14.4 Å². The van der Waals surface area contributed by atoms with E-state index in [1.165, 1.54) is 83.5 Å². The van der Waals surface area contributed by atoms with Crippen LogP contribution in [-0.4, -0.2) is 37.2 Å². The monoisotopic (exact) mass is 939 g/mol. The van der Waals surface area contributed by atoms with Crippen LogP contribution in [0.15, 0.2) is 134 Å². The second kappa shape index (κ2) is 55.1. The van der Waals surface area contributed by atoms with Gasteiger partial charge in [0.1, 0.15) is 13.2 Å². The average molecular weight is 939 g/mol. The molecule has 6 nitrogen and oxygen atoms in total. The predicted molar refractivity (Wildman–Crippen MR) is 292 cm³/mol. The lowest BCUT2D eigenvalue weighted by Gasteiger charge is -2.18. The summed E-state index contributed by atoms with van der Waals surface area (Å²) in [6, 6.07) is 0. The van der Waals surface area contributed by atoms with Crippen LogP contribution in [0.4, 0.5) is 0 Å². The molecule has 0 spiro atoms. The fourth-order valence-electron chi connectivity index (χ4n) is 6.86. The summed E-state index contributed by atoms with van der Waals surface area (Å²) in [6.07, 6.45) is 77.4. The maximum atomic E-state index is 12.8. The van der Waals surface area contributed by atoms with Crippen molar-refractivity contribution in [3.05, 3.63) is 134 Å². The first-order chi connectivity index (χ1) is 33.5. The molecule has 1 atom stereocenters. The van der Waals surface area contributed by atoms with E-state index in [-0.39, 0.29) is 38.0 Å². The first-order valence-corrected chi connectivity index (χ1v) is 27.2. The molecule has 0 radical (unpaired) electrons. The van der Waals surface area contributed by atoms with Crippen molar-refractivity contribution in [1.82, 2.24) is 0 Å². The predicted octanol–water partition coefficient (Wildman–Crippen LogP) is 18.3. The summed E-state index contributed by atoms with van der Waals surface area (Å²) in [7, 11) is 0. The van der Waals surface area contributed by atoms with Gasteiger partial charge in [-0.25, -0.2) is 0 Å². The molecule has 68 heavy (non-hydrogen) atoms. The zero-order valence-corrected chi connectivity index (χ0v) is 43.6. The minimum Gasteiger partial charge on any atom is -0.462 e. The Hall–Kier alpha value is -4.45. The molecule has 0 aromatic carbocycles. The number of ether oxygens (including phenoxy) is 3. The lowest BCUT2D eigenvalue weighted by molar-refractivity contribution is -0.166. The molecule has 0 saturated heterocycles. The second-order valence-electron chi connectivity index (χ2n) is 17.4. The molecule has 0 bridgehead atoms. The van der Waals surface area contributed by atoms with E-state index >= 15 is 0 Å². The standard InChI is InChI=1S/C62H98O6/c1-4-7-10-13-16-19-22-25-27-29-31-33-35-37-40-43-46-49-52-55-61(64)67-58-59(57-66-60(63)54-51-48-45-42-39-24-21-18-15-12-9-6-3)68-62(65)56-53-50-47-44-41-38-36-34-32-30-28-26-23-20-17-14-11-8-5-2/h7,10,16-17,19-20,25-28,31-34,37-38,40-41,46-47,49-50,59H,4-6,8-9,11-15,18,21-24,29-30,35-36,39,42-45,48,51-58H2,1-3H3/b10-7-,19-16-,20-17-,27-25-,28-26-,33-31-,34-32-,40-37-,41-38-,49-46-,50-47-/t59-/m0/s1. The third-order valence-electron chi connectivity index (χ3n) is 10.9. The zero-order chi connectivity index (χ0) is 49.3. The van der Waals surface area contributed by atoms with Crippen molar-refractivity contribution in [3.63, 3.8) is 0 Å². The van der Waals surface area contributed by atoms with E-state index in [2.05, 4.69) is 130 Å². The maximum absolute atomic E-state index is 12.8. The number of unbranched alkanes of at least 4 members (excludes halogenated alkanes) is 14. The third kappa shape index (κ3) is 52.5. The number of allylic oxidation sites excluding steroid dienone is 22. The molecule has 0 amide bonds. The van der Waals surface area contributed by atoms with Gasteiger partial charge in [-0.05, 0) is 96.3 Å². The summed E-state index contributed by atoms with van der Waals surface area (Å²) >= 11 is 0. The number of hydrogen-bond acceptors (Lipinski definition) is 6. The summed E-state index contributed by atoms with van der Waals surface area (Å²) in [5.41, 5.74) is 0. The van der Waals surface area contributed by atoms with Gasteiger partial charge in [0.05, 0.1) is 0 Å². The van der Waals surface area contributed by atoms with Crippen molar-refractivity contribution >= 4 is 17.9 Å². The van der Waals surface area contributed by atoms with Gasteiger partial charge in [-0.1, -0.05) is 238 Å². The van der Waals surface area contributed by atoms with Gasteiger partial charge in [0.25, 0.3) is 0 Å². The molecule has 0 aliphatic heterocycles. The number of rotatable bonds is 47. The van der Waals surface area contributed by atoms with Gasteiger partial charge < -0.3 is 14.2 Å². The van der Waals surface area contributed by atoms with Crippen LogP contribution in [0.1, 0.15) is 220 Å². The van der Waals surface area contributed by atoms with Crippen LogP contribution in [0, 0.1) is 0 Å². The van der Waals surface area contributed by atoms with Gasteiger partial charge in [0.15, 0.2) is 6.10 Å². The van der Waals surface area contributed by atoms with E-state index in [0.29, 0.717) is 19.3 Å². The molecular weight excluding hydrogens is 841 g/mol. The molecule has 0 unspecified atom stereocenters.